The molecule has 0 atom stereocenters. The number of hydrogen-bond donors (Lipinski definition) is 1. The highest BCUT2D eigenvalue weighted by atomic mass is 19.1. The van der Waals surface area contributed by atoms with Gasteiger partial charge in [0.1, 0.15) is 11.6 Å². The third kappa shape index (κ3) is 2.35. The van der Waals surface area contributed by atoms with Crippen molar-refractivity contribution < 1.29 is 13.5 Å². The number of nitrogens with zero attached hydrogens (tertiary/aromatic N) is 4. The minimum absolute atomic E-state index is 0.0895. The first-order chi connectivity index (χ1) is 10.0. The van der Waals surface area contributed by atoms with Crippen molar-refractivity contribution in [3.8, 4) is 11.4 Å². The summed E-state index contributed by atoms with van der Waals surface area (Å²) in [5.74, 6) is -1.30. The van der Waals surface area contributed by atoms with Crippen molar-refractivity contribution in [3.05, 3.63) is 23.8 Å². The van der Waals surface area contributed by atoms with Crippen LogP contribution in [0.2, 0.25) is 0 Å². The molecule has 0 spiro atoms. The van der Waals surface area contributed by atoms with E-state index in [9.17, 15) is 8.78 Å². The van der Waals surface area contributed by atoms with Gasteiger partial charge in [0, 0.05) is 19.3 Å². The fraction of sp³-hybridized carbons (Fsp3) is 0.462. The first-order valence-corrected chi connectivity index (χ1v) is 6.63. The zero-order chi connectivity index (χ0) is 15.0. The molecule has 1 aromatic heterocycles. The van der Waals surface area contributed by atoms with E-state index in [2.05, 4.69) is 15.5 Å². The molecule has 8 heteroatoms. The number of hydrogen-bond acceptors (Lipinski definition) is 5. The number of halogens is 2. The van der Waals surface area contributed by atoms with Crippen LogP contribution >= 0.6 is 0 Å². The summed E-state index contributed by atoms with van der Waals surface area (Å²) in [6, 6.07) is 1.96. The van der Waals surface area contributed by atoms with Gasteiger partial charge in [0.2, 0.25) is 0 Å². The van der Waals surface area contributed by atoms with Crippen LogP contribution in [0.1, 0.15) is 19.8 Å². The maximum Gasteiger partial charge on any atom is 0.185 e. The van der Waals surface area contributed by atoms with E-state index in [1.54, 1.807) is 4.68 Å². The molecule has 0 aliphatic carbocycles. The molecule has 112 valence electrons. The summed E-state index contributed by atoms with van der Waals surface area (Å²) in [5, 5.41) is 11.5. The van der Waals surface area contributed by atoms with Crippen LogP contribution in [-0.2, 0) is 10.3 Å². The number of nitrogens with two attached hydrogens (primary N) is 1. The van der Waals surface area contributed by atoms with E-state index in [0.717, 1.165) is 6.07 Å². The molecule has 0 bridgehead atoms. The number of tetrazole rings is 1. The number of benzene rings is 1. The van der Waals surface area contributed by atoms with Crippen LogP contribution in [0, 0.1) is 11.6 Å². The number of nitrogen functional groups attached to an aromatic ring is 1. The second-order valence-corrected chi connectivity index (χ2v) is 5.38. The highest BCUT2D eigenvalue weighted by Crippen LogP contribution is 2.33. The summed E-state index contributed by atoms with van der Waals surface area (Å²) in [6.45, 7) is 3.16. The SMILES string of the molecule is CC1(n2nnnc2-c2cc(N)c(F)cc2F)CCOCC1. The van der Waals surface area contributed by atoms with Gasteiger partial charge in [-0.25, -0.2) is 13.5 Å². The molecular weight excluding hydrogens is 280 g/mol. The van der Waals surface area contributed by atoms with E-state index < -0.39 is 11.6 Å². The van der Waals surface area contributed by atoms with Gasteiger partial charge in [-0.05, 0) is 36.3 Å². The third-order valence-corrected chi connectivity index (χ3v) is 3.88. The summed E-state index contributed by atoms with van der Waals surface area (Å²) < 4.78 is 34.2. The van der Waals surface area contributed by atoms with Gasteiger partial charge >= 0.3 is 0 Å². The first-order valence-electron chi connectivity index (χ1n) is 6.63. The molecule has 1 aliphatic rings. The number of aromatic nitrogens is 4. The smallest absolute Gasteiger partial charge is 0.185 e. The minimum atomic E-state index is -0.799. The molecule has 1 aromatic carbocycles. The largest absolute Gasteiger partial charge is 0.396 e. The van der Waals surface area contributed by atoms with Gasteiger partial charge in [0.05, 0.1) is 16.8 Å². The Kier molecular flexibility index (Phi) is 3.32. The Bertz CT molecular complexity index is 667. The summed E-state index contributed by atoms with van der Waals surface area (Å²) in [5.41, 5.74) is 5.10. The molecule has 0 saturated carbocycles. The first kappa shape index (κ1) is 13.9. The molecule has 0 radical (unpaired) electrons. The van der Waals surface area contributed by atoms with Gasteiger partial charge in [-0.3, -0.25) is 0 Å². The molecule has 1 saturated heterocycles. The second kappa shape index (κ2) is 5.03. The Balaban J connectivity index is 2.09. The van der Waals surface area contributed by atoms with Gasteiger partial charge in [0.15, 0.2) is 5.82 Å². The lowest BCUT2D eigenvalue weighted by atomic mass is 9.92. The average molecular weight is 295 g/mol. The third-order valence-electron chi connectivity index (χ3n) is 3.88. The van der Waals surface area contributed by atoms with Crippen LogP contribution in [0.3, 0.4) is 0 Å². The zero-order valence-corrected chi connectivity index (χ0v) is 11.5. The average Bonchev–Trinajstić information content (AvgIpc) is 2.93. The van der Waals surface area contributed by atoms with Gasteiger partial charge in [-0.15, -0.1) is 5.10 Å². The Labute approximate surface area is 119 Å². The summed E-state index contributed by atoms with van der Waals surface area (Å²) in [4.78, 5) is 0. The van der Waals surface area contributed by atoms with Crippen LogP contribution in [-0.4, -0.2) is 33.4 Å². The Morgan fingerprint density at radius 2 is 1.95 bits per heavy atom. The number of anilines is 1. The van der Waals surface area contributed by atoms with Crippen LogP contribution in [0.5, 0.6) is 0 Å². The quantitative estimate of drug-likeness (QED) is 0.854. The summed E-state index contributed by atoms with van der Waals surface area (Å²) in [6.07, 6.45) is 1.42. The minimum Gasteiger partial charge on any atom is -0.396 e. The summed E-state index contributed by atoms with van der Waals surface area (Å²) in [7, 11) is 0. The molecule has 21 heavy (non-hydrogen) atoms. The van der Waals surface area contributed by atoms with Crippen LogP contribution in [0.4, 0.5) is 14.5 Å². The lowest BCUT2D eigenvalue weighted by molar-refractivity contribution is 0.0240. The van der Waals surface area contributed by atoms with E-state index >= 15 is 0 Å². The van der Waals surface area contributed by atoms with Gasteiger partial charge in [0.25, 0.3) is 0 Å². The topological polar surface area (TPSA) is 78.9 Å². The van der Waals surface area contributed by atoms with Gasteiger partial charge in [-0.2, -0.15) is 0 Å². The molecule has 1 fully saturated rings. The van der Waals surface area contributed by atoms with Crippen molar-refractivity contribution in [1.29, 1.82) is 0 Å². The predicted molar refractivity (Wildman–Crippen MR) is 71.3 cm³/mol. The molecule has 6 nitrogen and oxygen atoms in total. The lowest BCUT2D eigenvalue weighted by Gasteiger charge is -2.33. The van der Waals surface area contributed by atoms with Crippen molar-refractivity contribution in [2.24, 2.45) is 0 Å². The van der Waals surface area contributed by atoms with Crippen molar-refractivity contribution in [2.75, 3.05) is 18.9 Å². The van der Waals surface area contributed by atoms with E-state index in [1.165, 1.54) is 6.07 Å². The molecule has 2 aromatic rings. The van der Waals surface area contributed by atoms with Crippen LogP contribution in [0.25, 0.3) is 11.4 Å². The zero-order valence-electron chi connectivity index (χ0n) is 11.5. The van der Waals surface area contributed by atoms with Crippen molar-refractivity contribution >= 4 is 5.69 Å². The number of ether oxygens (including phenoxy) is 1. The standard InChI is InChI=1S/C13H15F2N5O/c1-13(2-4-21-5-3-13)20-12(17-18-19-20)8-6-11(16)10(15)7-9(8)14/h6-7H,2-5,16H2,1H3. The molecule has 1 aliphatic heterocycles. The molecule has 0 amide bonds. The van der Waals surface area contributed by atoms with Crippen molar-refractivity contribution in [2.45, 2.75) is 25.3 Å². The maximum absolute atomic E-state index is 14.0. The molecule has 0 unspecified atom stereocenters. The van der Waals surface area contributed by atoms with E-state index in [1.807, 2.05) is 6.92 Å². The monoisotopic (exact) mass is 295 g/mol. The van der Waals surface area contributed by atoms with E-state index in [4.69, 9.17) is 10.5 Å². The van der Waals surface area contributed by atoms with Gasteiger partial charge < -0.3 is 10.5 Å². The van der Waals surface area contributed by atoms with Gasteiger partial charge in [-0.1, -0.05) is 0 Å². The fourth-order valence-corrected chi connectivity index (χ4v) is 2.48. The van der Waals surface area contributed by atoms with Crippen LogP contribution in [0.15, 0.2) is 12.1 Å². The lowest BCUT2D eigenvalue weighted by Crippen LogP contribution is -2.38. The van der Waals surface area contributed by atoms with Crippen molar-refractivity contribution in [1.82, 2.24) is 20.2 Å². The normalized spacial score (nSPS) is 17.9. The Hall–Kier alpha value is -2.09. The maximum atomic E-state index is 14.0. The highest BCUT2D eigenvalue weighted by Gasteiger charge is 2.34. The van der Waals surface area contributed by atoms with E-state index in [0.29, 0.717) is 26.1 Å². The molecular formula is C13H15F2N5O. The second-order valence-electron chi connectivity index (χ2n) is 5.38. The molecule has 2 heterocycles. The fourth-order valence-electron chi connectivity index (χ4n) is 2.48. The van der Waals surface area contributed by atoms with Crippen molar-refractivity contribution in [3.63, 3.8) is 0 Å². The summed E-state index contributed by atoms with van der Waals surface area (Å²) >= 11 is 0. The molecule has 2 N–H and O–H groups in total. The van der Waals surface area contributed by atoms with E-state index in [-0.39, 0.29) is 22.6 Å². The number of rotatable bonds is 2. The predicted octanol–water partition coefficient (Wildman–Crippen LogP) is 1.73. The molecule has 3 rings (SSSR count). The van der Waals surface area contributed by atoms with Crippen LogP contribution < -0.4 is 5.73 Å². The Morgan fingerprint density at radius 3 is 2.67 bits per heavy atom. The highest BCUT2D eigenvalue weighted by molar-refractivity contribution is 5.62. The Morgan fingerprint density at radius 1 is 1.24 bits per heavy atom.